The van der Waals surface area contributed by atoms with E-state index < -0.39 is 5.41 Å². The number of ether oxygens (including phenoxy) is 17. The summed E-state index contributed by atoms with van der Waals surface area (Å²) < 4.78 is 99.3. The predicted molar refractivity (Wildman–Crippen MR) is 303 cm³/mol. The molecule has 0 saturated heterocycles. The molecule has 0 radical (unpaired) electrons. The van der Waals surface area contributed by atoms with Crippen LogP contribution < -0.4 is 0 Å². The molecule has 0 spiro atoms. The van der Waals surface area contributed by atoms with E-state index in [2.05, 4.69) is 0 Å². The lowest BCUT2D eigenvalue weighted by Crippen LogP contribution is -2.42. The van der Waals surface area contributed by atoms with Crippen LogP contribution in [0.15, 0.2) is 0 Å². The van der Waals surface area contributed by atoms with Crippen LogP contribution in [0.5, 0.6) is 0 Å². The summed E-state index contributed by atoms with van der Waals surface area (Å²) in [4.78, 5) is 0. The van der Waals surface area contributed by atoms with Gasteiger partial charge in [-0.15, -0.1) is 0 Å². The Balaban J connectivity index is 0. The second-order valence-electron chi connectivity index (χ2n) is 21.6. The van der Waals surface area contributed by atoms with E-state index in [1.54, 1.807) is 0 Å². The summed E-state index contributed by atoms with van der Waals surface area (Å²) >= 11 is 0. The van der Waals surface area contributed by atoms with Gasteiger partial charge in [-0.3, -0.25) is 0 Å². The third-order valence-corrected chi connectivity index (χ3v) is 10.3. The van der Waals surface area contributed by atoms with E-state index in [9.17, 15) is 0 Å². The summed E-state index contributed by atoms with van der Waals surface area (Å²) in [6.07, 6.45) is 8.26. The first-order valence-corrected chi connectivity index (χ1v) is 29.6. The first-order valence-electron chi connectivity index (χ1n) is 29.6. The van der Waals surface area contributed by atoms with Crippen LogP contribution in [0.3, 0.4) is 0 Å². The molecule has 0 aromatic heterocycles. The van der Waals surface area contributed by atoms with Gasteiger partial charge in [-0.2, -0.15) is 0 Å². The Morgan fingerprint density at radius 1 is 0.197 bits per heavy atom. The van der Waals surface area contributed by atoms with E-state index in [1.807, 2.05) is 111 Å². The Morgan fingerprint density at radius 3 is 0.579 bits per heavy atom. The largest absolute Gasteiger partial charge is 0.381 e. The van der Waals surface area contributed by atoms with Crippen LogP contribution in [0, 0.1) is 5.41 Å². The van der Waals surface area contributed by atoms with Crippen LogP contribution in [0.1, 0.15) is 162 Å². The summed E-state index contributed by atoms with van der Waals surface area (Å²) in [7, 11) is 0. The summed E-state index contributed by atoms with van der Waals surface area (Å²) in [6.45, 7) is 46.9. The number of rotatable bonds is 58. The van der Waals surface area contributed by atoms with Crippen LogP contribution >= 0.6 is 0 Å². The third kappa shape index (κ3) is 61.0. The molecule has 2 atom stereocenters. The zero-order valence-electron chi connectivity index (χ0n) is 51.8. The fraction of sp³-hybridized carbons (Fsp3) is 1.00. The predicted octanol–water partition coefficient (Wildman–Crippen LogP) is 10.4. The van der Waals surface area contributed by atoms with E-state index in [0.717, 1.165) is 51.4 Å². The van der Waals surface area contributed by atoms with E-state index in [4.69, 9.17) is 80.5 Å². The van der Waals surface area contributed by atoms with E-state index in [1.165, 1.54) is 0 Å². The van der Waals surface area contributed by atoms with Crippen LogP contribution in [-0.2, 0) is 80.5 Å². The molecule has 0 fully saturated rings. The van der Waals surface area contributed by atoms with Gasteiger partial charge in [-0.25, -0.2) is 0 Å². The van der Waals surface area contributed by atoms with Crippen molar-refractivity contribution in [2.45, 2.75) is 223 Å². The second-order valence-corrected chi connectivity index (χ2v) is 21.6. The van der Waals surface area contributed by atoms with Gasteiger partial charge in [0.05, 0.1) is 107 Å². The van der Waals surface area contributed by atoms with Crippen LogP contribution in [0.2, 0.25) is 0 Å². The Bertz CT molecular complexity index is 1000. The quantitative estimate of drug-likeness (QED) is 0.0530. The topological polar surface area (TPSA) is 157 Å². The maximum absolute atomic E-state index is 6.12. The molecule has 17 heteroatoms. The highest BCUT2D eigenvalue weighted by Crippen LogP contribution is 2.22. The lowest BCUT2D eigenvalue weighted by atomic mass is 9.92. The molecule has 0 aliphatic heterocycles. The lowest BCUT2D eigenvalue weighted by molar-refractivity contribution is -0.112. The molecule has 0 bridgehead atoms. The minimum absolute atomic E-state index is 0.163. The molecule has 76 heavy (non-hydrogen) atoms. The molecule has 0 aromatic carbocycles. The molecule has 2 unspecified atom stereocenters. The third-order valence-electron chi connectivity index (χ3n) is 10.3. The van der Waals surface area contributed by atoms with E-state index in [-0.39, 0.29) is 61.0 Å². The number of hydrogen-bond donors (Lipinski definition) is 0. The molecule has 0 rings (SSSR count). The fourth-order valence-corrected chi connectivity index (χ4v) is 6.59. The smallest absolute Gasteiger partial charge is 0.104 e. The molecule has 0 amide bonds. The van der Waals surface area contributed by atoms with Crippen molar-refractivity contribution in [1.29, 1.82) is 0 Å². The van der Waals surface area contributed by atoms with Gasteiger partial charge in [0.15, 0.2) is 0 Å². The van der Waals surface area contributed by atoms with Crippen molar-refractivity contribution in [2.24, 2.45) is 5.41 Å². The first kappa shape index (κ1) is 77.4. The van der Waals surface area contributed by atoms with Gasteiger partial charge in [0.25, 0.3) is 0 Å². The van der Waals surface area contributed by atoms with E-state index >= 15 is 0 Å². The van der Waals surface area contributed by atoms with Crippen molar-refractivity contribution in [3.05, 3.63) is 0 Å². The zero-order chi connectivity index (χ0) is 56.9. The van der Waals surface area contributed by atoms with Gasteiger partial charge in [-0.05, 0) is 162 Å². The van der Waals surface area contributed by atoms with Gasteiger partial charge < -0.3 is 80.5 Å². The Labute approximate surface area is 466 Å². The van der Waals surface area contributed by atoms with Crippen molar-refractivity contribution in [3.63, 3.8) is 0 Å². The zero-order valence-corrected chi connectivity index (χ0v) is 51.8. The van der Waals surface area contributed by atoms with Gasteiger partial charge in [0.1, 0.15) is 12.2 Å². The van der Waals surface area contributed by atoms with Crippen molar-refractivity contribution >= 4 is 0 Å². The summed E-state index contributed by atoms with van der Waals surface area (Å²) in [5.41, 5.74) is -0.393. The maximum atomic E-state index is 6.12. The molecule has 0 heterocycles. The highest BCUT2D eigenvalue weighted by molar-refractivity contribution is 4.80. The monoisotopic (exact) mass is 1100 g/mol. The van der Waals surface area contributed by atoms with Crippen LogP contribution in [0.4, 0.5) is 0 Å². The van der Waals surface area contributed by atoms with Crippen molar-refractivity contribution < 1.29 is 80.5 Å². The molecule has 0 N–H and O–H groups in total. The van der Waals surface area contributed by atoms with Crippen LogP contribution in [-0.4, -0.2) is 220 Å². The van der Waals surface area contributed by atoms with E-state index in [0.29, 0.717) is 159 Å². The summed E-state index contributed by atoms with van der Waals surface area (Å²) in [5, 5.41) is 0. The normalized spacial score (nSPS) is 13.3. The molecule has 0 saturated carbocycles. The molecule has 460 valence electrons. The van der Waals surface area contributed by atoms with Gasteiger partial charge in [0, 0.05) is 106 Å². The first-order chi connectivity index (χ1) is 36.4. The highest BCUT2D eigenvalue weighted by atomic mass is 16.6. The SMILES string of the molecule is CC(C)OCCCOCC(COCC(COCCCOC(C)C)OCCCOC(C)C)OCCCOC(C)C.CC(C)OCCCOCC(COCCCOC(C)C)(COCCCOC(C)C)COCCCOC(C)C. The number of hydrogen-bond acceptors (Lipinski definition) is 17. The molecular formula is C59H122O17. The summed E-state index contributed by atoms with van der Waals surface area (Å²) in [6, 6.07) is 0. The van der Waals surface area contributed by atoms with Crippen molar-refractivity contribution in [3.8, 4) is 0 Å². The maximum Gasteiger partial charge on any atom is 0.104 e. The fourth-order valence-electron chi connectivity index (χ4n) is 6.59. The van der Waals surface area contributed by atoms with Crippen LogP contribution in [0.25, 0.3) is 0 Å². The Kier molecular flexibility index (Phi) is 57.2. The highest BCUT2D eigenvalue weighted by Gasteiger charge is 2.32. The van der Waals surface area contributed by atoms with Gasteiger partial charge >= 0.3 is 0 Å². The Morgan fingerprint density at radius 2 is 0.368 bits per heavy atom. The lowest BCUT2D eigenvalue weighted by Gasteiger charge is -2.33. The van der Waals surface area contributed by atoms with Crippen molar-refractivity contribution in [2.75, 3.05) is 159 Å². The summed E-state index contributed by atoms with van der Waals surface area (Å²) in [5.74, 6) is 0. The Hall–Kier alpha value is -0.680. The van der Waals surface area contributed by atoms with Crippen molar-refractivity contribution in [1.82, 2.24) is 0 Å². The molecule has 0 aliphatic rings. The second kappa shape index (κ2) is 56.2. The average Bonchev–Trinajstić information content (AvgIpc) is 3.34. The standard InChI is InChI=1S/C30H62O9.C29H60O8/c1-25(2)34-15-9-13-31-21-29(38-19-11-17-36-27(5)6)23-33-24-30(39-20-12-18-37-28(7)8)22-32-14-10-16-35-26(3)4;1-25(2)34-17-9-13-30-21-29(22-31-14-10-18-35-26(3)4,23-32-15-11-19-36-27(5)6)24-33-16-12-20-37-28(7)8/h25-30H,9-24H2,1-8H3;25-28H,9-24H2,1-8H3. The minimum atomic E-state index is -0.393. The van der Waals surface area contributed by atoms with Gasteiger partial charge in [-0.1, -0.05) is 0 Å². The molecule has 17 nitrogen and oxygen atoms in total. The molecular weight excluding hydrogens is 981 g/mol. The van der Waals surface area contributed by atoms with Gasteiger partial charge in [0.2, 0.25) is 0 Å². The molecule has 0 aliphatic carbocycles. The minimum Gasteiger partial charge on any atom is -0.381 e. The average molecular weight is 1100 g/mol. The molecule has 0 aromatic rings.